The predicted molar refractivity (Wildman–Crippen MR) is 88.3 cm³/mol. The van der Waals surface area contributed by atoms with E-state index in [0.29, 0.717) is 0 Å². The highest BCUT2D eigenvalue weighted by Gasteiger charge is 2.22. The number of anilines is 2. The lowest BCUT2D eigenvalue weighted by molar-refractivity contribution is 0.554. The molecule has 0 aromatic heterocycles. The van der Waals surface area contributed by atoms with E-state index < -0.39 is 0 Å². The number of rotatable bonds is 4. The van der Waals surface area contributed by atoms with E-state index >= 15 is 0 Å². The number of nitrogens with one attached hydrogen (secondary N) is 1. The number of hydrogen-bond donors (Lipinski definition) is 2. The van der Waals surface area contributed by atoms with Crippen molar-refractivity contribution in [1.29, 1.82) is 0 Å². The van der Waals surface area contributed by atoms with Gasteiger partial charge in [-0.1, -0.05) is 44.2 Å². The van der Waals surface area contributed by atoms with E-state index in [1.165, 1.54) is 16.7 Å². The largest absolute Gasteiger partial charge is 0.397 e. The van der Waals surface area contributed by atoms with Gasteiger partial charge in [0.2, 0.25) is 0 Å². The van der Waals surface area contributed by atoms with Gasteiger partial charge in [-0.05, 0) is 42.7 Å². The highest BCUT2D eigenvalue weighted by Crippen LogP contribution is 2.28. The Morgan fingerprint density at radius 2 is 1.75 bits per heavy atom. The number of benzene rings is 2. The Labute approximate surface area is 122 Å². The lowest BCUT2D eigenvalue weighted by Crippen LogP contribution is -2.28. The second-order valence-electron chi connectivity index (χ2n) is 6.14. The summed E-state index contributed by atoms with van der Waals surface area (Å²) in [4.78, 5) is 0. The Hall–Kier alpha value is -1.96. The van der Waals surface area contributed by atoms with Gasteiger partial charge in [0.25, 0.3) is 0 Å². The summed E-state index contributed by atoms with van der Waals surface area (Å²) < 4.78 is 0. The van der Waals surface area contributed by atoms with Gasteiger partial charge < -0.3 is 11.1 Å². The van der Waals surface area contributed by atoms with Gasteiger partial charge in [-0.2, -0.15) is 0 Å². The first kappa shape index (κ1) is 14.4. The molecule has 0 aliphatic carbocycles. The van der Waals surface area contributed by atoms with Gasteiger partial charge in [0.15, 0.2) is 0 Å². The number of hydrogen-bond acceptors (Lipinski definition) is 2. The summed E-state index contributed by atoms with van der Waals surface area (Å²) in [6, 6.07) is 14.6. The minimum atomic E-state index is 0.0571. The summed E-state index contributed by atoms with van der Waals surface area (Å²) in [5, 5.41) is 3.49. The van der Waals surface area contributed by atoms with Gasteiger partial charge in [0, 0.05) is 12.0 Å². The maximum absolute atomic E-state index is 6.02. The van der Waals surface area contributed by atoms with E-state index in [9.17, 15) is 0 Å². The molecule has 0 aliphatic rings. The Bertz CT molecular complexity index is 600. The molecular formula is C18H24N2. The Kier molecular flexibility index (Phi) is 4.03. The van der Waals surface area contributed by atoms with E-state index in [4.69, 9.17) is 5.73 Å². The van der Waals surface area contributed by atoms with Crippen LogP contribution in [-0.2, 0) is 5.41 Å². The third-order valence-corrected chi connectivity index (χ3v) is 3.80. The molecular weight excluding hydrogens is 244 g/mol. The van der Waals surface area contributed by atoms with Crippen molar-refractivity contribution in [2.75, 3.05) is 17.6 Å². The second-order valence-corrected chi connectivity index (χ2v) is 6.14. The molecule has 20 heavy (non-hydrogen) atoms. The van der Waals surface area contributed by atoms with Crippen LogP contribution in [0.25, 0.3) is 0 Å². The molecule has 2 heteroatoms. The number of nitrogens with two attached hydrogens (primary N) is 1. The molecule has 2 aromatic carbocycles. The van der Waals surface area contributed by atoms with Crippen LogP contribution in [0.3, 0.4) is 0 Å². The second kappa shape index (κ2) is 5.58. The monoisotopic (exact) mass is 268 g/mol. The molecule has 0 amide bonds. The normalized spacial score (nSPS) is 11.4. The van der Waals surface area contributed by atoms with Gasteiger partial charge in [-0.3, -0.25) is 0 Å². The fourth-order valence-electron chi connectivity index (χ4n) is 2.57. The molecule has 2 nitrogen and oxygen atoms in total. The molecule has 106 valence electrons. The topological polar surface area (TPSA) is 38.0 Å². The van der Waals surface area contributed by atoms with E-state index in [2.05, 4.69) is 63.3 Å². The third kappa shape index (κ3) is 3.13. The lowest BCUT2D eigenvalue weighted by atomic mass is 9.82. The Morgan fingerprint density at radius 1 is 1.05 bits per heavy atom. The van der Waals surface area contributed by atoms with Gasteiger partial charge in [0.05, 0.1) is 11.4 Å². The summed E-state index contributed by atoms with van der Waals surface area (Å²) in [6.45, 7) is 9.61. The maximum atomic E-state index is 6.02. The van der Waals surface area contributed by atoms with Crippen molar-refractivity contribution in [1.82, 2.24) is 0 Å². The summed E-state index contributed by atoms with van der Waals surface area (Å²) in [5.74, 6) is 0. The first-order valence-corrected chi connectivity index (χ1v) is 7.06. The van der Waals surface area contributed by atoms with Crippen LogP contribution in [0.5, 0.6) is 0 Å². The van der Waals surface area contributed by atoms with Crippen molar-refractivity contribution in [3.05, 3.63) is 59.2 Å². The highest BCUT2D eigenvalue weighted by molar-refractivity contribution is 5.67. The van der Waals surface area contributed by atoms with Crippen LogP contribution in [0.15, 0.2) is 42.5 Å². The van der Waals surface area contributed by atoms with E-state index in [0.717, 1.165) is 17.9 Å². The minimum absolute atomic E-state index is 0.0571. The van der Waals surface area contributed by atoms with Crippen LogP contribution >= 0.6 is 0 Å². The first-order valence-electron chi connectivity index (χ1n) is 7.06. The summed E-state index contributed by atoms with van der Waals surface area (Å²) in [7, 11) is 0. The molecule has 0 saturated carbocycles. The standard InChI is InChI=1S/C18H24N2/c1-13-9-10-16(19)17(11-13)20-12-18(3,4)15-8-6-5-7-14(15)2/h5-11,20H,12,19H2,1-4H3. The third-order valence-electron chi connectivity index (χ3n) is 3.80. The zero-order valence-electron chi connectivity index (χ0n) is 12.8. The van der Waals surface area contributed by atoms with Gasteiger partial charge in [-0.25, -0.2) is 0 Å². The molecule has 3 N–H and O–H groups in total. The average Bonchev–Trinajstić information content (AvgIpc) is 2.40. The SMILES string of the molecule is Cc1ccc(N)c(NCC(C)(C)c2ccccc2C)c1. The van der Waals surface area contributed by atoms with Crippen molar-refractivity contribution in [2.45, 2.75) is 33.1 Å². The summed E-state index contributed by atoms with van der Waals surface area (Å²) in [5.41, 5.74) is 11.8. The fraction of sp³-hybridized carbons (Fsp3) is 0.333. The molecule has 0 heterocycles. The average molecular weight is 268 g/mol. The van der Waals surface area contributed by atoms with E-state index in [1.54, 1.807) is 0 Å². The molecule has 0 radical (unpaired) electrons. The zero-order chi connectivity index (χ0) is 14.8. The first-order chi connectivity index (χ1) is 9.40. The highest BCUT2D eigenvalue weighted by atomic mass is 14.9. The number of aryl methyl sites for hydroxylation is 2. The smallest absolute Gasteiger partial charge is 0.0576 e. The Balaban J connectivity index is 2.17. The molecule has 2 aromatic rings. The van der Waals surface area contributed by atoms with Crippen molar-refractivity contribution in [2.24, 2.45) is 0 Å². The van der Waals surface area contributed by atoms with Crippen molar-refractivity contribution in [3.8, 4) is 0 Å². The van der Waals surface area contributed by atoms with Crippen LogP contribution in [0, 0.1) is 13.8 Å². The molecule has 0 spiro atoms. The fourth-order valence-corrected chi connectivity index (χ4v) is 2.57. The van der Waals surface area contributed by atoms with Crippen LogP contribution in [-0.4, -0.2) is 6.54 Å². The van der Waals surface area contributed by atoms with E-state index in [-0.39, 0.29) is 5.41 Å². The zero-order valence-corrected chi connectivity index (χ0v) is 12.8. The predicted octanol–water partition coefficient (Wildman–Crippen LogP) is 4.28. The minimum Gasteiger partial charge on any atom is -0.397 e. The number of nitrogen functional groups attached to an aromatic ring is 1. The maximum Gasteiger partial charge on any atom is 0.0576 e. The van der Waals surface area contributed by atoms with Crippen LogP contribution < -0.4 is 11.1 Å². The molecule has 0 atom stereocenters. The molecule has 0 saturated heterocycles. The van der Waals surface area contributed by atoms with Crippen LogP contribution in [0.2, 0.25) is 0 Å². The molecule has 0 fully saturated rings. The molecule has 2 rings (SSSR count). The molecule has 0 aliphatic heterocycles. The summed E-state index contributed by atoms with van der Waals surface area (Å²) in [6.07, 6.45) is 0. The van der Waals surface area contributed by atoms with E-state index in [1.807, 2.05) is 12.1 Å². The molecule has 0 unspecified atom stereocenters. The van der Waals surface area contributed by atoms with Crippen LogP contribution in [0.4, 0.5) is 11.4 Å². The summed E-state index contributed by atoms with van der Waals surface area (Å²) >= 11 is 0. The van der Waals surface area contributed by atoms with Gasteiger partial charge in [-0.15, -0.1) is 0 Å². The molecule has 0 bridgehead atoms. The lowest BCUT2D eigenvalue weighted by Gasteiger charge is -2.28. The van der Waals surface area contributed by atoms with Crippen molar-refractivity contribution < 1.29 is 0 Å². The van der Waals surface area contributed by atoms with Gasteiger partial charge >= 0.3 is 0 Å². The van der Waals surface area contributed by atoms with Crippen molar-refractivity contribution >= 4 is 11.4 Å². The van der Waals surface area contributed by atoms with Crippen molar-refractivity contribution in [3.63, 3.8) is 0 Å². The quantitative estimate of drug-likeness (QED) is 0.812. The Morgan fingerprint density at radius 3 is 2.45 bits per heavy atom. The van der Waals surface area contributed by atoms with Crippen LogP contribution in [0.1, 0.15) is 30.5 Å². The van der Waals surface area contributed by atoms with Gasteiger partial charge in [0.1, 0.15) is 0 Å².